The van der Waals surface area contributed by atoms with E-state index in [2.05, 4.69) is 24.9 Å². The van der Waals surface area contributed by atoms with Crippen LogP contribution in [0.15, 0.2) is 30.4 Å². The molecule has 0 aliphatic carbocycles. The number of methoxy groups -OCH3 is 2. The van der Waals surface area contributed by atoms with Crippen molar-refractivity contribution in [2.75, 3.05) is 21.3 Å². The summed E-state index contributed by atoms with van der Waals surface area (Å²) in [5, 5.41) is 3.32. The maximum Gasteiger partial charge on any atom is 0.165 e. The zero-order valence-corrected chi connectivity index (χ0v) is 11.7. The molecule has 1 N–H and O–H groups in total. The summed E-state index contributed by atoms with van der Waals surface area (Å²) < 4.78 is 10.8. The van der Waals surface area contributed by atoms with Crippen LogP contribution in [0.25, 0.3) is 0 Å². The first kappa shape index (κ1) is 14.6. The van der Waals surface area contributed by atoms with Crippen molar-refractivity contribution in [3.05, 3.63) is 35.9 Å². The molecule has 100 valence electrons. The molecule has 1 atom stereocenters. The van der Waals surface area contributed by atoms with Gasteiger partial charge in [0.25, 0.3) is 0 Å². The summed E-state index contributed by atoms with van der Waals surface area (Å²) in [6.07, 6.45) is 1.99. The molecule has 1 unspecified atom stereocenters. The molecule has 1 aromatic rings. The van der Waals surface area contributed by atoms with Crippen molar-refractivity contribution in [1.29, 1.82) is 0 Å². The molecule has 0 fully saturated rings. The molecule has 0 saturated carbocycles. The number of benzene rings is 1. The Kier molecular flexibility index (Phi) is 5.72. The minimum Gasteiger partial charge on any atom is -0.493 e. The van der Waals surface area contributed by atoms with Crippen LogP contribution in [-0.2, 0) is 0 Å². The van der Waals surface area contributed by atoms with Crippen LogP contribution in [0, 0.1) is 0 Å². The Labute approximate surface area is 110 Å². The Morgan fingerprint density at radius 2 is 2.06 bits per heavy atom. The van der Waals surface area contributed by atoms with Crippen molar-refractivity contribution in [1.82, 2.24) is 5.32 Å². The monoisotopic (exact) mass is 249 g/mol. The van der Waals surface area contributed by atoms with E-state index in [1.807, 2.05) is 19.2 Å². The topological polar surface area (TPSA) is 30.5 Å². The van der Waals surface area contributed by atoms with E-state index in [1.54, 1.807) is 14.2 Å². The molecule has 3 nitrogen and oxygen atoms in total. The van der Waals surface area contributed by atoms with Crippen molar-refractivity contribution < 1.29 is 9.47 Å². The quantitative estimate of drug-likeness (QED) is 0.752. The minimum absolute atomic E-state index is 0.242. The number of hydrogen-bond donors (Lipinski definition) is 1. The highest BCUT2D eigenvalue weighted by molar-refractivity contribution is 5.48. The summed E-state index contributed by atoms with van der Waals surface area (Å²) in [6.45, 7) is 6.00. The third kappa shape index (κ3) is 3.50. The standard InChI is InChI=1S/C15H23NO2/c1-11(2)9-10-13(16-3)12-7-6-8-14(17-4)15(12)18-5/h6-8,13,16H,1,9-10H2,2-5H3. The number of rotatable bonds is 7. The Balaban J connectivity index is 3.00. The van der Waals surface area contributed by atoms with E-state index in [0.717, 1.165) is 29.9 Å². The second-order valence-corrected chi connectivity index (χ2v) is 4.42. The molecular weight excluding hydrogens is 226 g/mol. The molecular formula is C15H23NO2. The number of hydrogen-bond acceptors (Lipinski definition) is 3. The van der Waals surface area contributed by atoms with E-state index in [-0.39, 0.29) is 6.04 Å². The average molecular weight is 249 g/mol. The molecule has 0 aliphatic rings. The molecule has 18 heavy (non-hydrogen) atoms. The average Bonchev–Trinajstić information content (AvgIpc) is 2.38. The van der Waals surface area contributed by atoms with Gasteiger partial charge in [-0.05, 0) is 32.9 Å². The third-order valence-electron chi connectivity index (χ3n) is 3.02. The molecule has 1 aromatic carbocycles. The first-order valence-corrected chi connectivity index (χ1v) is 6.16. The van der Waals surface area contributed by atoms with Gasteiger partial charge >= 0.3 is 0 Å². The van der Waals surface area contributed by atoms with Crippen molar-refractivity contribution in [2.45, 2.75) is 25.8 Å². The van der Waals surface area contributed by atoms with Gasteiger partial charge in [0.1, 0.15) is 0 Å². The maximum absolute atomic E-state index is 5.47. The number of para-hydroxylation sites is 1. The van der Waals surface area contributed by atoms with Crippen molar-refractivity contribution in [3.63, 3.8) is 0 Å². The van der Waals surface area contributed by atoms with E-state index in [4.69, 9.17) is 9.47 Å². The van der Waals surface area contributed by atoms with Crippen LogP contribution in [0.1, 0.15) is 31.4 Å². The van der Waals surface area contributed by atoms with E-state index in [1.165, 1.54) is 5.57 Å². The largest absolute Gasteiger partial charge is 0.493 e. The van der Waals surface area contributed by atoms with Crippen LogP contribution in [0.2, 0.25) is 0 Å². The van der Waals surface area contributed by atoms with Gasteiger partial charge in [-0.3, -0.25) is 0 Å². The fourth-order valence-corrected chi connectivity index (χ4v) is 2.03. The third-order valence-corrected chi connectivity index (χ3v) is 3.02. The highest BCUT2D eigenvalue weighted by Gasteiger charge is 2.17. The van der Waals surface area contributed by atoms with Crippen LogP contribution in [0.4, 0.5) is 0 Å². The molecule has 0 aliphatic heterocycles. The van der Waals surface area contributed by atoms with Gasteiger partial charge in [-0.25, -0.2) is 0 Å². The molecule has 0 heterocycles. The SMILES string of the molecule is C=C(C)CCC(NC)c1cccc(OC)c1OC. The van der Waals surface area contributed by atoms with Crippen LogP contribution < -0.4 is 14.8 Å². The maximum atomic E-state index is 5.47. The van der Waals surface area contributed by atoms with Crippen LogP contribution in [0.5, 0.6) is 11.5 Å². The van der Waals surface area contributed by atoms with E-state index < -0.39 is 0 Å². The fourth-order valence-electron chi connectivity index (χ4n) is 2.03. The van der Waals surface area contributed by atoms with Gasteiger partial charge in [-0.2, -0.15) is 0 Å². The summed E-state index contributed by atoms with van der Waals surface area (Å²) in [5.74, 6) is 1.58. The summed E-state index contributed by atoms with van der Waals surface area (Å²) in [4.78, 5) is 0. The van der Waals surface area contributed by atoms with Gasteiger partial charge in [-0.1, -0.05) is 17.7 Å². The Hall–Kier alpha value is -1.48. The second-order valence-electron chi connectivity index (χ2n) is 4.42. The first-order valence-electron chi connectivity index (χ1n) is 6.16. The van der Waals surface area contributed by atoms with E-state index in [9.17, 15) is 0 Å². The predicted octanol–water partition coefficient (Wildman–Crippen LogP) is 3.32. The highest BCUT2D eigenvalue weighted by Crippen LogP contribution is 2.36. The molecule has 1 rings (SSSR count). The van der Waals surface area contributed by atoms with Crippen molar-refractivity contribution >= 4 is 0 Å². The zero-order valence-electron chi connectivity index (χ0n) is 11.7. The lowest BCUT2D eigenvalue weighted by molar-refractivity contribution is 0.346. The number of nitrogens with one attached hydrogen (secondary N) is 1. The Morgan fingerprint density at radius 3 is 2.56 bits per heavy atom. The second kappa shape index (κ2) is 7.07. The Morgan fingerprint density at radius 1 is 1.33 bits per heavy atom. The molecule has 0 saturated heterocycles. The van der Waals surface area contributed by atoms with E-state index in [0.29, 0.717) is 0 Å². The van der Waals surface area contributed by atoms with Gasteiger partial charge in [0.2, 0.25) is 0 Å². The molecule has 0 spiro atoms. The normalized spacial score (nSPS) is 12.0. The molecule has 0 bridgehead atoms. The Bertz CT molecular complexity index is 401. The van der Waals surface area contributed by atoms with Crippen molar-refractivity contribution in [2.24, 2.45) is 0 Å². The first-order chi connectivity index (χ1) is 8.63. The minimum atomic E-state index is 0.242. The zero-order chi connectivity index (χ0) is 13.5. The van der Waals surface area contributed by atoms with Crippen LogP contribution >= 0.6 is 0 Å². The van der Waals surface area contributed by atoms with E-state index >= 15 is 0 Å². The van der Waals surface area contributed by atoms with Gasteiger partial charge in [0, 0.05) is 11.6 Å². The van der Waals surface area contributed by atoms with Gasteiger partial charge in [0.15, 0.2) is 11.5 Å². The fraction of sp³-hybridized carbons (Fsp3) is 0.467. The van der Waals surface area contributed by atoms with Gasteiger partial charge in [0.05, 0.1) is 14.2 Å². The van der Waals surface area contributed by atoms with Crippen LogP contribution in [-0.4, -0.2) is 21.3 Å². The van der Waals surface area contributed by atoms with Gasteiger partial charge < -0.3 is 14.8 Å². The molecule has 3 heteroatoms. The molecule has 0 aromatic heterocycles. The number of allylic oxidation sites excluding steroid dienone is 1. The molecule has 0 amide bonds. The van der Waals surface area contributed by atoms with Gasteiger partial charge in [-0.15, -0.1) is 6.58 Å². The number of ether oxygens (including phenoxy) is 2. The lowest BCUT2D eigenvalue weighted by atomic mass is 9.99. The summed E-state index contributed by atoms with van der Waals surface area (Å²) in [6, 6.07) is 6.21. The summed E-state index contributed by atoms with van der Waals surface area (Å²) in [7, 11) is 5.29. The smallest absolute Gasteiger partial charge is 0.165 e. The molecule has 0 radical (unpaired) electrons. The lowest BCUT2D eigenvalue weighted by Crippen LogP contribution is -2.17. The van der Waals surface area contributed by atoms with Crippen LogP contribution in [0.3, 0.4) is 0 Å². The summed E-state index contributed by atoms with van der Waals surface area (Å²) in [5.41, 5.74) is 2.32. The lowest BCUT2D eigenvalue weighted by Gasteiger charge is -2.20. The summed E-state index contributed by atoms with van der Waals surface area (Å²) >= 11 is 0. The highest BCUT2D eigenvalue weighted by atomic mass is 16.5. The predicted molar refractivity (Wildman–Crippen MR) is 75.4 cm³/mol. The van der Waals surface area contributed by atoms with Crippen molar-refractivity contribution in [3.8, 4) is 11.5 Å².